The first-order valence-corrected chi connectivity index (χ1v) is 5.71. The van der Waals surface area contributed by atoms with E-state index in [4.69, 9.17) is 18.0 Å². The molecule has 0 aromatic carbocycles. The van der Waals surface area contributed by atoms with E-state index < -0.39 is 0 Å². The van der Waals surface area contributed by atoms with E-state index in [0.29, 0.717) is 11.0 Å². The van der Waals surface area contributed by atoms with Gasteiger partial charge < -0.3 is 5.73 Å². The zero-order valence-electron chi connectivity index (χ0n) is 8.04. The van der Waals surface area contributed by atoms with Crippen LogP contribution in [-0.4, -0.2) is 29.0 Å². The third kappa shape index (κ3) is 2.41. The van der Waals surface area contributed by atoms with E-state index in [2.05, 4.69) is 4.90 Å². The van der Waals surface area contributed by atoms with E-state index in [1.807, 2.05) is 0 Å². The Morgan fingerprint density at radius 2 is 2.15 bits per heavy atom. The lowest BCUT2D eigenvalue weighted by molar-refractivity contribution is 0.293. The van der Waals surface area contributed by atoms with Crippen molar-refractivity contribution in [3.63, 3.8) is 0 Å². The van der Waals surface area contributed by atoms with Gasteiger partial charge in [-0.2, -0.15) is 0 Å². The maximum atomic E-state index is 5.70. The molecule has 1 aliphatic heterocycles. The molecule has 2 nitrogen and oxygen atoms in total. The van der Waals surface area contributed by atoms with Crippen LogP contribution in [0.2, 0.25) is 0 Å². The highest BCUT2D eigenvalue weighted by Crippen LogP contribution is 2.33. The minimum absolute atomic E-state index is 0.411. The molecule has 3 heteroatoms. The SMILES string of the molecule is NC(=S)C1CCCN1CCC1CC1. The molecule has 1 atom stereocenters. The van der Waals surface area contributed by atoms with Crippen molar-refractivity contribution in [2.24, 2.45) is 11.7 Å². The summed E-state index contributed by atoms with van der Waals surface area (Å²) in [6.07, 6.45) is 6.71. The van der Waals surface area contributed by atoms with Crippen LogP contribution in [0.3, 0.4) is 0 Å². The van der Waals surface area contributed by atoms with Crippen molar-refractivity contribution < 1.29 is 0 Å². The Morgan fingerprint density at radius 3 is 2.77 bits per heavy atom. The molecule has 13 heavy (non-hydrogen) atoms. The first-order chi connectivity index (χ1) is 6.27. The van der Waals surface area contributed by atoms with Crippen molar-refractivity contribution >= 4 is 17.2 Å². The topological polar surface area (TPSA) is 29.3 Å². The zero-order valence-corrected chi connectivity index (χ0v) is 8.85. The summed E-state index contributed by atoms with van der Waals surface area (Å²) < 4.78 is 0. The van der Waals surface area contributed by atoms with Crippen LogP contribution in [-0.2, 0) is 0 Å². The minimum Gasteiger partial charge on any atom is -0.392 e. The molecule has 0 bridgehead atoms. The second-order valence-electron chi connectivity index (χ2n) is 4.33. The van der Waals surface area contributed by atoms with Gasteiger partial charge in [0, 0.05) is 0 Å². The van der Waals surface area contributed by atoms with Crippen molar-refractivity contribution in [2.45, 2.75) is 38.1 Å². The maximum Gasteiger partial charge on any atom is 0.0902 e. The van der Waals surface area contributed by atoms with Crippen molar-refractivity contribution in [3.8, 4) is 0 Å². The Morgan fingerprint density at radius 1 is 1.38 bits per heavy atom. The van der Waals surface area contributed by atoms with Gasteiger partial charge in [0.1, 0.15) is 0 Å². The van der Waals surface area contributed by atoms with E-state index >= 15 is 0 Å². The van der Waals surface area contributed by atoms with E-state index in [1.165, 1.54) is 45.2 Å². The monoisotopic (exact) mass is 198 g/mol. The summed E-state index contributed by atoms with van der Waals surface area (Å²) in [6, 6.07) is 0.411. The lowest BCUT2D eigenvalue weighted by atomic mass is 10.2. The normalized spacial score (nSPS) is 29.4. The number of likely N-dealkylation sites (tertiary alicyclic amines) is 1. The van der Waals surface area contributed by atoms with Crippen LogP contribution in [0.4, 0.5) is 0 Å². The average Bonchev–Trinajstić information content (AvgIpc) is 2.79. The van der Waals surface area contributed by atoms with Crippen molar-refractivity contribution in [2.75, 3.05) is 13.1 Å². The average molecular weight is 198 g/mol. The molecule has 1 heterocycles. The minimum atomic E-state index is 0.411. The lowest BCUT2D eigenvalue weighted by Gasteiger charge is -2.23. The van der Waals surface area contributed by atoms with Crippen LogP contribution in [0.15, 0.2) is 0 Å². The van der Waals surface area contributed by atoms with Crippen LogP contribution < -0.4 is 5.73 Å². The van der Waals surface area contributed by atoms with Gasteiger partial charge in [0.2, 0.25) is 0 Å². The summed E-state index contributed by atoms with van der Waals surface area (Å²) in [5.74, 6) is 1.02. The summed E-state index contributed by atoms with van der Waals surface area (Å²) in [5, 5.41) is 0. The van der Waals surface area contributed by atoms with E-state index in [1.54, 1.807) is 0 Å². The van der Waals surface area contributed by atoms with Gasteiger partial charge in [-0.05, 0) is 38.3 Å². The zero-order chi connectivity index (χ0) is 9.26. The summed E-state index contributed by atoms with van der Waals surface area (Å²) in [4.78, 5) is 3.17. The smallest absolute Gasteiger partial charge is 0.0902 e. The third-order valence-corrected chi connectivity index (χ3v) is 3.49. The molecule has 1 saturated carbocycles. The van der Waals surface area contributed by atoms with Crippen LogP contribution in [0.25, 0.3) is 0 Å². The predicted octanol–water partition coefficient (Wildman–Crippen LogP) is 1.54. The Kier molecular flexibility index (Phi) is 2.84. The highest BCUT2D eigenvalue weighted by Gasteiger charge is 2.28. The summed E-state index contributed by atoms with van der Waals surface area (Å²) in [6.45, 7) is 2.42. The summed E-state index contributed by atoms with van der Waals surface area (Å²) in [7, 11) is 0. The fourth-order valence-electron chi connectivity index (χ4n) is 2.17. The van der Waals surface area contributed by atoms with Crippen LogP contribution >= 0.6 is 12.2 Å². The number of rotatable bonds is 4. The molecule has 2 fully saturated rings. The molecule has 74 valence electrons. The van der Waals surface area contributed by atoms with Gasteiger partial charge >= 0.3 is 0 Å². The van der Waals surface area contributed by atoms with Gasteiger partial charge in [-0.15, -0.1) is 0 Å². The number of hydrogen-bond donors (Lipinski definition) is 1. The molecular formula is C10H18N2S. The van der Waals surface area contributed by atoms with Crippen LogP contribution in [0.5, 0.6) is 0 Å². The Labute approximate surface area is 85.5 Å². The molecular weight excluding hydrogens is 180 g/mol. The predicted molar refractivity (Wildman–Crippen MR) is 58.7 cm³/mol. The summed E-state index contributed by atoms with van der Waals surface area (Å²) in [5.41, 5.74) is 5.70. The van der Waals surface area contributed by atoms with Crippen molar-refractivity contribution in [1.29, 1.82) is 0 Å². The van der Waals surface area contributed by atoms with Gasteiger partial charge in [-0.3, -0.25) is 4.90 Å². The fraction of sp³-hybridized carbons (Fsp3) is 0.900. The molecule has 0 spiro atoms. The van der Waals surface area contributed by atoms with Crippen LogP contribution in [0, 0.1) is 5.92 Å². The fourth-order valence-corrected chi connectivity index (χ4v) is 2.44. The molecule has 0 radical (unpaired) electrons. The van der Waals surface area contributed by atoms with Gasteiger partial charge in [0.25, 0.3) is 0 Å². The second-order valence-corrected chi connectivity index (χ2v) is 4.80. The molecule has 1 unspecified atom stereocenters. The van der Waals surface area contributed by atoms with Crippen molar-refractivity contribution in [1.82, 2.24) is 4.90 Å². The highest BCUT2D eigenvalue weighted by molar-refractivity contribution is 7.80. The Hall–Kier alpha value is -0.150. The molecule has 1 saturated heterocycles. The van der Waals surface area contributed by atoms with E-state index in [0.717, 1.165) is 5.92 Å². The van der Waals surface area contributed by atoms with E-state index in [-0.39, 0.29) is 0 Å². The molecule has 2 N–H and O–H groups in total. The Bertz CT molecular complexity index is 201. The highest BCUT2D eigenvalue weighted by atomic mass is 32.1. The maximum absolute atomic E-state index is 5.70. The van der Waals surface area contributed by atoms with Crippen LogP contribution in [0.1, 0.15) is 32.1 Å². The van der Waals surface area contributed by atoms with Gasteiger partial charge in [0.05, 0.1) is 11.0 Å². The second kappa shape index (κ2) is 3.93. The number of thiocarbonyl (C=S) groups is 1. The molecule has 0 amide bonds. The van der Waals surface area contributed by atoms with E-state index in [9.17, 15) is 0 Å². The van der Waals surface area contributed by atoms with Gasteiger partial charge in [-0.25, -0.2) is 0 Å². The summed E-state index contributed by atoms with van der Waals surface area (Å²) >= 11 is 5.06. The lowest BCUT2D eigenvalue weighted by Crippen LogP contribution is -2.39. The van der Waals surface area contributed by atoms with Crippen molar-refractivity contribution in [3.05, 3.63) is 0 Å². The first kappa shape index (κ1) is 9.41. The Balaban J connectivity index is 1.78. The quantitative estimate of drug-likeness (QED) is 0.695. The first-order valence-electron chi connectivity index (χ1n) is 5.31. The van der Waals surface area contributed by atoms with Gasteiger partial charge in [0.15, 0.2) is 0 Å². The number of nitrogens with two attached hydrogens (primary N) is 1. The molecule has 1 aliphatic carbocycles. The molecule has 2 aliphatic rings. The number of nitrogens with zero attached hydrogens (tertiary/aromatic N) is 1. The standard InChI is InChI=1S/C10H18N2S/c11-10(13)9-2-1-6-12(9)7-5-8-3-4-8/h8-9H,1-7H2,(H2,11,13). The van der Waals surface area contributed by atoms with Gasteiger partial charge in [-0.1, -0.05) is 25.1 Å². The molecule has 2 rings (SSSR count). The largest absolute Gasteiger partial charge is 0.392 e. The molecule has 0 aromatic rings. The molecule has 0 aromatic heterocycles. The third-order valence-electron chi connectivity index (χ3n) is 3.21. The number of hydrogen-bond acceptors (Lipinski definition) is 2.